The third-order valence-electron chi connectivity index (χ3n) is 4.08. The van der Waals surface area contributed by atoms with E-state index in [1.165, 1.54) is 24.9 Å². The Balaban J connectivity index is 2.17. The Morgan fingerprint density at radius 1 is 1.30 bits per heavy atom. The van der Waals surface area contributed by atoms with E-state index in [2.05, 4.69) is 24.8 Å². The van der Waals surface area contributed by atoms with Gasteiger partial charge in [0.25, 0.3) is 0 Å². The third-order valence-corrected chi connectivity index (χ3v) is 4.08. The molecule has 20 heavy (non-hydrogen) atoms. The highest BCUT2D eigenvalue weighted by Gasteiger charge is 2.26. The van der Waals surface area contributed by atoms with Gasteiger partial charge in [-0.2, -0.15) is 0 Å². The molecule has 1 saturated carbocycles. The zero-order chi connectivity index (χ0) is 14.7. The zero-order valence-electron chi connectivity index (χ0n) is 13.1. The fourth-order valence-electron chi connectivity index (χ4n) is 2.49. The van der Waals surface area contributed by atoms with Crippen LogP contribution in [0.2, 0.25) is 0 Å². The number of hydrogen-bond acceptors (Lipinski definition) is 3. The summed E-state index contributed by atoms with van der Waals surface area (Å²) in [5.74, 6) is 1.79. The maximum Gasteiger partial charge on any atom is 0.123 e. The number of methoxy groups -OCH3 is 1. The zero-order valence-corrected chi connectivity index (χ0v) is 13.1. The lowest BCUT2D eigenvalue weighted by molar-refractivity contribution is 0.195. The van der Waals surface area contributed by atoms with Crippen LogP contribution in [-0.4, -0.2) is 29.7 Å². The lowest BCUT2D eigenvalue weighted by atomic mass is 10.0. The molecule has 1 atom stereocenters. The summed E-state index contributed by atoms with van der Waals surface area (Å²) in [6.45, 7) is 8.34. The summed E-state index contributed by atoms with van der Waals surface area (Å²) in [7, 11) is 1.71. The van der Waals surface area contributed by atoms with E-state index in [4.69, 9.17) is 4.74 Å². The van der Waals surface area contributed by atoms with Crippen molar-refractivity contribution in [3.05, 3.63) is 29.3 Å². The molecule has 0 amide bonds. The van der Waals surface area contributed by atoms with E-state index >= 15 is 0 Å². The van der Waals surface area contributed by atoms with Crippen LogP contribution in [0.25, 0.3) is 0 Å². The Labute approximate surface area is 122 Å². The maximum absolute atomic E-state index is 9.76. The minimum Gasteiger partial charge on any atom is -0.496 e. The van der Waals surface area contributed by atoms with E-state index in [0.29, 0.717) is 6.04 Å². The topological polar surface area (TPSA) is 32.7 Å². The summed E-state index contributed by atoms with van der Waals surface area (Å²) < 4.78 is 5.47. The Hall–Kier alpha value is -1.06. The highest BCUT2D eigenvalue weighted by atomic mass is 16.5. The maximum atomic E-state index is 9.76. The van der Waals surface area contributed by atoms with Gasteiger partial charge in [-0.1, -0.05) is 6.07 Å². The van der Waals surface area contributed by atoms with Crippen LogP contribution < -0.4 is 4.74 Å². The summed E-state index contributed by atoms with van der Waals surface area (Å²) in [5.41, 5.74) is 2.12. The fourth-order valence-corrected chi connectivity index (χ4v) is 2.49. The predicted molar refractivity (Wildman–Crippen MR) is 81.9 cm³/mol. The van der Waals surface area contributed by atoms with Crippen molar-refractivity contribution < 1.29 is 9.84 Å². The molecule has 1 unspecified atom stereocenters. The average Bonchev–Trinajstić information content (AvgIpc) is 3.21. The molecule has 0 radical (unpaired) electrons. The van der Waals surface area contributed by atoms with Crippen molar-refractivity contribution in [2.24, 2.45) is 5.92 Å². The minimum absolute atomic E-state index is 0.435. The molecule has 112 valence electrons. The van der Waals surface area contributed by atoms with E-state index in [0.717, 1.165) is 23.8 Å². The molecule has 1 N–H and O–H groups in total. The van der Waals surface area contributed by atoms with E-state index in [1.807, 2.05) is 12.1 Å². The molecular formula is C17H27NO2. The molecule has 3 nitrogen and oxygen atoms in total. The van der Waals surface area contributed by atoms with Gasteiger partial charge in [0.2, 0.25) is 0 Å². The second kappa shape index (κ2) is 6.59. The molecule has 0 spiro atoms. The van der Waals surface area contributed by atoms with Crippen molar-refractivity contribution >= 4 is 0 Å². The molecule has 3 heteroatoms. The Bertz CT molecular complexity index is 439. The highest BCUT2D eigenvalue weighted by molar-refractivity contribution is 5.38. The molecular weight excluding hydrogens is 250 g/mol. The highest BCUT2D eigenvalue weighted by Crippen LogP contribution is 2.32. The summed E-state index contributed by atoms with van der Waals surface area (Å²) in [5, 5.41) is 9.76. The van der Waals surface area contributed by atoms with Crippen molar-refractivity contribution in [1.29, 1.82) is 0 Å². The second-order valence-corrected chi connectivity index (χ2v) is 6.21. The Kier molecular flexibility index (Phi) is 5.06. The van der Waals surface area contributed by atoms with Gasteiger partial charge in [-0.15, -0.1) is 0 Å². The van der Waals surface area contributed by atoms with Gasteiger partial charge in [-0.3, -0.25) is 4.90 Å². The van der Waals surface area contributed by atoms with Gasteiger partial charge < -0.3 is 9.84 Å². The molecule has 2 rings (SSSR count). The Morgan fingerprint density at radius 3 is 2.50 bits per heavy atom. The molecule has 0 heterocycles. The number of nitrogens with zero attached hydrogens (tertiary/aromatic N) is 1. The second-order valence-electron chi connectivity index (χ2n) is 6.21. The van der Waals surface area contributed by atoms with Gasteiger partial charge in [-0.05, 0) is 57.2 Å². The van der Waals surface area contributed by atoms with Crippen LogP contribution in [0.1, 0.15) is 50.8 Å². The van der Waals surface area contributed by atoms with Gasteiger partial charge in [0.1, 0.15) is 5.75 Å². The Morgan fingerprint density at radius 2 is 2.00 bits per heavy atom. The first-order chi connectivity index (χ1) is 9.51. The first-order valence-electron chi connectivity index (χ1n) is 7.60. The molecule has 1 aliphatic rings. The van der Waals surface area contributed by atoms with E-state index in [9.17, 15) is 5.11 Å². The predicted octanol–water partition coefficient (Wildman–Crippen LogP) is 3.37. The molecule has 0 bridgehead atoms. The fraction of sp³-hybridized carbons (Fsp3) is 0.647. The molecule has 1 aromatic carbocycles. The molecule has 1 aliphatic carbocycles. The van der Waals surface area contributed by atoms with Crippen LogP contribution in [0.15, 0.2) is 18.2 Å². The van der Waals surface area contributed by atoms with Crippen molar-refractivity contribution in [3.8, 4) is 5.75 Å². The molecule has 1 fully saturated rings. The molecule has 0 saturated heterocycles. The van der Waals surface area contributed by atoms with Crippen LogP contribution in [-0.2, 0) is 6.54 Å². The lowest BCUT2D eigenvalue weighted by Gasteiger charge is -2.27. The lowest BCUT2D eigenvalue weighted by Crippen LogP contribution is -2.32. The van der Waals surface area contributed by atoms with E-state index in [-0.39, 0.29) is 0 Å². The van der Waals surface area contributed by atoms with Crippen LogP contribution in [0.4, 0.5) is 0 Å². The van der Waals surface area contributed by atoms with Crippen LogP contribution in [0.5, 0.6) is 5.75 Å². The summed E-state index contributed by atoms with van der Waals surface area (Å²) in [4.78, 5) is 2.50. The largest absolute Gasteiger partial charge is 0.496 e. The summed E-state index contributed by atoms with van der Waals surface area (Å²) in [6.07, 6.45) is 2.30. The normalized spacial score (nSPS) is 16.8. The van der Waals surface area contributed by atoms with Crippen molar-refractivity contribution in [1.82, 2.24) is 4.90 Å². The summed E-state index contributed by atoms with van der Waals surface area (Å²) >= 11 is 0. The minimum atomic E-state index is -0.435. The smallest absolute Gasteiger partial charge is 0.123 e. The molecule has 0 aliphatic heterocycles. The van der Waals surface area contributed by atoms with Crippen molar-refractivity contribution in [3.63, 3.8) is 0 Å². The standard InChI is InChI=1S/C17H27NO2/c1-12(2)18(10-14-5-6-14)11-16-9-15(13(3)19)7-8-17(16)20-4/h7-9,12-14,19H,5-6,10-11H2,1-4H3. The molecule has 0 aromatic heterocycles. The number of benzene rings is 1. The first-order valence-corrected chi connectivity index (χ1v) is 7.60. The SMILES string of the molecule is COc1ccc(C(C)O)cc1CN(CC1CC1)C(C)C. The average molecular weight is 277 g/mol. The number of ether oxygens (including phenoxy) is 1. The van der Waals surface area contributed by atoms with Crippen molar-refractivity contribution in [2.45, 2.75) is 52.3 Å². The van der Waals surface area contributed by atoms with Gasteiger partial charge in [-0.25, -0.2) is 0 Å². The van der Waals surface area contributed by atoms with E-state index in [1.54, 1.807) is 14.0 Å². The monoisotopic (exact) mass is 277 g/mol. The number of rotatable bonds is 7. The summed E-state index contributed by atoms with van der Waals surface area (Å²) in [6, 6.07) is 6.50. The third kappa shape index (κ3) is 3.97. The van der Waals surface area contributed by atoms with Gasteiger partial charge in [0.15, 0.2) is 0 Å². The van der Waals surface area contributed by atoms with Gasteiger partial charge in [0.05, 0.1) is 13.2 Å². The van der Waals surface area contributed by atoms with Crippen LogP contribution in [0.3, 0.4) is 0 Å². The number of aliphatic hydroxyl groups is 1. The van der Waals surface area contributed by atoms with E-state index < -0.39 is 6.10 Å². The number of hydrogen-bond donors (Lipinski definition) is 1. The van der Waals surface area contributed by atoms with Crippen LogP contribution in [0, 0.1) is 5.92 Å². The number of aliphatic hydroxyl groups excluding tert-OH is 1. The van der Waals surface area contributed by atoms with Gasteiger partial charge in [0, 0.05) is 24.7 Å². The first kappa shape index (κ1) is 15.3. The van der Waals surface area contributed by atoms with Gasteiger partial charge >= 0.3 is 0 Å². The van der Waals surface area contributed by atoms with Crippen LogP contribution >= 0.6 is 0 Å². The van der Waals surface area contributed by atoms with Crippen molar-refractivity contribution in [2.75, 3.05) is 13.7 Å². The quantitative estimate of drug-likeness (QED) is 0.829. The molecule has 1 aromatic rings.